The molecule has 0 aliphatic rings. The number of nitrogens with one attached hydrogen (secondary N) is 1. The molecule has 1 aromatic rings. The van der Waals surface area contributed by atoms with E-state index in [1.54, 1.807) is 13.1 Å². The molecule has 0 radical (unpaired) electrons. The minimum Gasteiger partial charge on any atom is -0.370 e. The van der Waals surface area contributed by atoms with E-state index in [4.69, 9.17) is 22.7 Å². The number of urea groups is 1. The number of amides is 2. The van der Waals surface area contributed by atoms with Crippen LogP contribution < -0.4 is 10.6 Å². The zero-order chi connectivity index (χ0) is 15.3. The highest BCUT2D eigenvalue weighted by Gasteiger charge is 2.23. The number of guanidine groups is 1. The fourth-order valence-corrected chi connectivity index (χ4v) is 2.31. The van der Waals surface area contributed by atoms with Crippen LogP contribution in [0.1, 0.15) is 25.3 Å². The van der Waals surface area contributed by atoms with Gasteiger partial charge in [0.05, 0.1) is 10.7 Å². The van der Waals surface area contributed by atoms with Crippen LogP contribution >= 0.6 is 11.6 Å². The van der Waals surface area contributed by atoms with Gasteiger partial charge >= 0.3 is 6.03 Å². The summed E-state index contributed by atoms with van der Waals surface area (Å²) in [6.07, 6.45) is 1.71. The zero-order valence-electron chi connectivity index (χ0n) is 12.1. The van der Waals surface area contributed by atoms with Crippen LogP contribution in [0.2, 0.25) is 5.02 Å². The average Bonchev–Trinajstić information content (AvgIpc) is 2.38. The summed E-state index contributed by atoms with van der Waals surface area (Å²) >= 11 is 6.16. The number of nitrogens with zero attached hydrogens (tertiary/aromatic N) is 2. The lowest BCUT2D eigenvalue weighted by Gasteiger charge is -2.28. The van der Waals surface area contributed by atoms with E-state index in [2.05, 4.69) is 0 Å². The summed E-state index contributed by atoms with van der Waals surface area (Å²) in [5.74, 6) is -0.250. The molecule has 2 amide bonds. The van der Waals surface area contributed by atoms with Gasteiger partial charge < -0.3 is 5.73 Å². The molecular formula is C14H21ClN4O. The highest BCUT2D eigenvalue weighted by atomic mass is 35.5. The van der Waals surface area contributed by atoms with Crippen molar-refractivity contribution in [3.05, 3.63) is 28.8 Å². The molecule has 0 aliphatic carbocycles. The normalized spacial score (nSPS) is 10.2. The molecule has 0 aliphatic heterocycles. The SMILES string of the molecule is CCCCN(C(=N)N)C(=O)N(C)c1c(C)cccc1Cl. The molecule has 0 saturated carbocycles. The van der Waals surface area contributed by atoms with Crippen LogP contribution in [0.5, 0.6) is 0 Å². The summed E-state index contributed by atoms with van der Waals surface area (Å²) in [7, 11) is 1.64. The van der Waals surface area contributed by atoms with Crippen molar-refractivity contribution < 1.29 is 4.79 Å². The summed E-state index contributed by atoms with van der Waals surface area (Å²) in [6.45, 7) is 4.33. The molecule has 110 valence electrons. The van der Waals surface area contributed by atoms with E-state index in [0.29, 0.717) is 17.3 Å². The first-order chi connectivity index (χ1) is 9.40. The summed E-state index contributed by atoms with van der Waals surface area (Å²) in [5.41, 5.74) is 7.04. The van der Waals surface area contributed by atoms with Gasteiger partial charge in [-0.1, -0.05) is 37.1 Å². The second-order valence-corrected chi connectivity index (χ2v) is 5.04. The van der Waals surface area contributed by atoms with Crippen LogP contribution in [0.4, 0.5) is 10.5 Å². The van der Waals surface area contributed by atoms with Crippen LogP contribution in [0.15, 0.2) is 18.2 Å². The summed E-state index contributed by atoms with van der Waals surface area (Å²) in [6, 6.07) is 5.11. The Hall–Kier alpha value is -1.75. The van der Waals surface area contributed by atoms with Gasteiger partial charge in [-0.15, -0.1) is 0 Å². The first kappa shape index (κ1) is 16.3. The van der Waals surface area contributed by atoms with Crippen molar-refractivity contribution in [2.45, 2.75) is 26.7 Å². The highest BCUT2D eigenvalue weighted by Crippen LogP contribution is 2.29. The lowest BCUT2D eigenvalue weighted by atomic mass is 10.2. The van der Waals surface area contributed by atoms with Gasteiger partial charge in [-0.2, -0.15) is 0 Å². The monoisotopic (exact) mass is 296 g/mol. The number of hydrogen-bond donors (Lipinski definition) is 2. The maximum Gasteiger partial charge on any atom is 0.331 e. The maximum absolute atomic E-state index is 12.5. The number of benzene rings is 1. The molecular weight excluding hydrogens is 276 g/mol. The topological polar surface area (TPSA) is 73.4 Å². The van der Waals surface area contributed by atoms with Crippen molar-refractivity contribution >= 4 is 29.3 Å². The zero-order valence-corrected chi connectivity index (χ0v) is 12.9. The van der Waals surface area contributed by atoms with E-state index in [1.165, 1.54) is 9.80 Å². The van der Waals surface area contributed by atoms with Gasteiger partial charge in [-0.25, -0.2) is 4.79 Å². The number of hydrogen-bond acceptors (Lipinski definition) is 2. The second-order valence-electron chi connectivity index (χ2n) is 4.64. The van der Waals surface area contributed by atoms with E-state index in [-0.39, 0.29) is 12.0 Å². The van der Waals surface area contributed by atoms with Gasteiger partial charge in [0.25, 0.3) is 0 Å². The summed E-state index contributed by atoms with van der Waals surface area (Å²) in [5, 5.41) is 8.05. The molecule has 0 bridgehead atoms. The number of aryl methyl sites for hydroxylation is 1. The highest BCUT2D eigenvalue weighted by molar-refractivity contribution is 6.34. The van der Waals surface area contributed by atoms with Gasteiger partial charge in [0, 0.05) is 13.6 Å². The Kier molecular flexibility index (Phi) is 5.82. The predicted molar refractivity (Wildman–Crippen MR) is 83.5 cm³/mol. The third-order valence-corrected chi connectivity index (χ3v) is 3.37. The minimum absolute atomic E-state index is 0.250. The van der Waals surface area contributed by atoms with E-state index < -0.39 is 0 Å². The average molecular weight is 297 g/mol. The number of anilines is 1. The van der Waals surface area contributed by atoms with Crippen LogP contribution in [0.25, 0.3) is 0 Å². The van der Waals surface area contributed by atoms with Gasteiger partial charge in [-0.3, -0.25) is 15.2 Å². The molecule has 0 saturated heterocycles. The molecule has 0 heterocycles. The quantitative estimate of drug-likeness (QED) is 0.661. The molecule has 6 heteroatoms. The molecule has 0 atom stereocenters. The largest absolute Gasteiger partial charge is 0.370 e. The Balaban J connectivity index is 3.02. The number of halogens is 1. The molecule has 20 heavy (non-hydrogen) atoms. The lowest BCUT2D eigenvalue weighted by molar-refractivity contribution is 0.227. The Labute approximate surface area is 124 Å². The fourth-order valence-electron chi connectivity index (χ4n) is 1.96. The van der Waals surface area contributed by atoms with Crippen molar-refractivity contribution in [3.63, 3.8) is 0 Å². The van der Waals surface area contributed by atoms with Crippen LogP contribution in [0, 0.1) is 12.3 Å². The molecule has 0 aromatic heterocycles. The molecule has 3 N–H and O–H groups in total. The third-order valence-electron chi connectivity index (χ3n) is 3.07. The van der Waals surface area contributed by atoms with Gasteiger partial charge in [0.15, 0.2) is 5.96 Å². The van der Waals surface area contributed by atoms with Crippen LogP contribution in [-0.4, -0.2) is 30.5 Å². The smallest absolute Gasteiger partial charge is 0.331 e. The minimum atomic E-state index is -0.345. The Bertz CT molecular complexity index is 484. The summed E-state index contributed by atoms with van der Waals surface area (Å²) in [4.78, 5) is 15.2. The van der Waals surface area contributed by atoms with E-state index >= 15 is 0 Å². The number of unbranched alkanes of at least 4 members (excludes halogenated alkanes) is 1. The third kappa shape index (κ3) is 3.63. The van der Waals surface area contributed by atoms with Crippen molar-refractivity contribution in [3.8, 4) is 0 Å². The maximum atomic E-state index is 12.5. The van der Waals surface area contributed by atoms with Crippen molar-refractivity contribution in [1.82, 2.24) is 4.90 Å². The Morgan fingerprint density at radius 1 is 1.45 bits per heavy atom. The number of carbonyl (C=O) groups excluding carboxylic acids is 1. The first-order valence-electron chi connectivity index (χ1n) is 6.54. The standard InChI is InChI=1S/C14H21ClN4O/c1-4-5-9-19(13(16)17)14(20)18(3)12-10(2)7-6-8-11(12)15/h6-8H,4-5,9H2,1-3H3,(H3,16,17). The molecule has 0 unspecified atom stereocenters. The summed E-state index contributed by atoms with van der Waals surface area (Å²) < 4.78 is 0. The van der Waals surface area contributed by atoms with Crippen molar-refractivity contribution in [2.75, 3.05) is 18.5 Å². The van der Waals surface area contributed by atoms with Gasteiger partial charge in [0.2, 0.25) is 0 Å². The predicted octanol–water partition coefficient (Wildman–Crippen LogP) is 3.20. The molecule has 1 aromatic carbocycles. The molecule has 1 rings (SSSR count). The molecule has 0 fully saturated rings. The second kappa shape index (κ2) is 7.14. The molecule has 5 nitrogen and oxygen atoms in total. The van der Waals surface area contributed by atoms with Crippen molar-refractivity contribution in [1.29, 1.82) is 5.41 Å². The van der Waals surface area contributed by atoms with Gasteiger partial charge in [-0.05, 0) is 25.0 Å². The van der Waals surface area contributed by atoms with Crippen LogP contribution in [-0.2, 0) is 0 Å². The van der Waals surface area contributed by atoms with E-state index in [1.807, 2.05) is 26.0 Å². The van der Waals surface area contributed by atoms with Crippen LogP contribution in [0.3, 0.4) is 0 Å². The lowest BCUT2D eigenvalue weighted by Crippen LogP contribution is -2.48. The van der Waals surface area contributed by atoms with Gasteiger partial charge in [0.1, 0.15) is 0 Å². The van der Waals surface area contributed by atoms with E-state index in [9.17, 15) is 4.79 Å². The fraction of sp³-hybridized carbons (Fsp3) is 0.429. The number of rotatable bonds is 4. The van der Waals surface area contributed by atoms with E-state index in [0.717, 1.165) is 18.4 Å². The number of carbonyl (C=O) groups is 1. The van der Waals surface area contributed by atoms with Crippen molar-refractivity contribution in [2.24, 2.45) is 5.73 Å². The number of nitrogens with two attached hydrogens (primary N) is 1. The molecule has 0 spiro atoms. The Morgan fingerprint density at radius 2 is 2.10 bits per heavy atom. The number of para-hydroxylation sites is 1. The Morgan fingerprint density at radius 3 is 2.60 bits per heavy atom. The first-order valence-corrected chi connectivity index (χ1v) is 6.92.